The molecule has 0 bridgehead atoms. The molecule has 2 rings (SSSR count). The zero-order valence-corrected chi connectivity index (χ0v) is 9.37. The molecular formula is C10H10BrN3. The monoisotopic (exact) mass is 251 g/mol. The summed E-state index contributed by atoms with van der Waals surface area (Å²) in [6.07, 6.45) is 1.75. The molecule has 0 amide bonds. The number of benzene rings is 1. The fraction of sp³-hybridized carbons (Fsp3) is 0.200. The van der Waals surface area contributed by atoms with Gasteiger partial charge in [0, 0.05) is 16.4 Å². The van der Waals surface area contributed by atoms with E-state index >= 15 is 0 Å². The number of nitrogens with one attached hydrogen (secondary N) is 1. The average molecular weight is 252 g/mol. The molecule has 1 heterocycles. The molecule has 0 aliphatic rings. The molecule has 0 aliphatic carbocycles. The largest absolute Gasteiger partial charge is 0.383 e. The molecule has 2 aromatic rings. The van der Waals surface area contributed by atoms with E-state index in [-0.39, 0.29) is 0 Å². The summed E-state index contributed by atoms with van der Waals surface area (Å²) in [5, 5.41) is 12.4. The van der Waals surface area contributed by atoms with Crippen LogP contribution in [0.25, 0.3) is 10.9 Å². The van der Waals surface area contributed by atoms with Crippen LogP contribution in [-0.2, 0) is 0 Å². The maximum Gasteiger partial charge on any atom is 0.0961 e. The lowest BCUT2D eigenvalue weighted by atomic mass is 10.2. The van der Waals surface area contributed by atoms with Gasteiger partial charge in [-0.25, -0.2) is 0 Å². The third-order valence-corrected chi connectivity index (χ3v) is 2.46. The third kappa shape index (κ3) is 1.70. The summed E-state index contributed by atoms with van der Waals surface area (Å²) in [4.78, 5) is 0. The second kappa shape index (κ2) is 3.92. The SMILES string of the molecule is CCNc1cnnc2cc(Br)ccc12. The van der Waals surface area contributed by atoms with Gasteiger partial charge in [0.2, 0.25) is 0 Å². The van der Waals surface area contributed by atoms with Gasteiger partial charge in [0.25, 0.3) is 0 Å². The van der Waals surface area contributed by atoms with Crippen molar-refractivity contribution in [2.24, 2.45) is 0 Å². The molecule has 1 aromatic heterocycles. The molecule has 1 aromatic carbocycles. The minimum absolute atomic E-state index is 0.886. The molecule has 3 nitrogen and oxygen atoms in total. The molecule has 0 saturated carbocycles. The van der Waals surface area contributed by atoms with Crippen molar-refractivity contribution in [2.75, 3.05) is 11.9 Å². The van der Waals surface area contributed by atoms with E-state index in [4.69, 9.17) is 0 Å². The van der Waals surface area contributed by atoms with Crippen molar-refractivity contribution < 1.29 is 0 Å². The van der Waals surface area contributed by atoms with E-state index in [1.54, 1.807) is 6.20 Å². The van der Waals surface area contributed by atoms with Gasteiger partial charge in [-0.3, -0.25) is 0 Å². The van der Waals surface area contributed by atoms with Crippen LogP contribution in [-0.4, -0.2) is 16.7 Å². The Morgan fingerprint density at radius 2 is 2.29 bits per heavy atom. The third-order valence-electron chi connectivity index (χ3n) is 1.97. The molecule has 4 heteroatoms. The van der Waals surface area contributed by atoms with Crippen LogP contribution in [0, 0.1) is 0 Å². The highest BCUT2D eigenvalue weighted by Gasteiger charge is 2.01. The number of anilines is 1. The van der Waals surface area contributed by atoms with Gasteiger partial charge in [0.1, 0.15) is 0 Å². The molecular weight excluding hydrogens is 242 g/mol. The second-order valence-electron chi connectivity index (χ2n) is 2.95. The number of fused-ring (bicyclic) bond motifs is 1. The highest BCUT2D eigenvalue weighted by Crippen LogP contribution is 2.23. The zero-order chi connectivity index (χ0) is 9.97. The fourth-order valence-corrected chi connectivity index (χ4v) is 1.71. The maximum absolute atomic E-state index is 4.06. The summed E-state index contributed by atoms with van der Waals surface area (Å²) in [6.45, 7) is 2.95. The number of rotatable bonds is 2. The van der Waals surface area contributed by atoms with Crippen molar-refractivity contribution in [2.45, 2.75) is 6.92 Å². The first kappa shape index (κ1) is 9.40. The maximum atomic E-state index is 4.06. The van der Waals surface area contributed by atoms with Crippen LogP contribution in [0.4, 0.5) is 5.69 Å². The molecule has 0 radical (unpaired) electrons. The first-order valence-corrected chi connectivity index (χ1v) is 5.25. The molecule has 14 heavy (non-hydrogen) atoms. The highest BCUT2D eigenvalue weighted by atomic mass is 79.9. The number of hydrogen-bond acceptors (Lipinski definition) is 3. The molecule has 72 valence electrons. The number of halogens is 1. The Morgan fingerprint density at radius 1 is 1.43 bits per heavy atom. The van der Waals surface area contributed by atoms with Crippen molar-refractivity contribution in [1.82, 2.24) is 10.2 Å². The Labute approximate surface area is 90.7 Å². The summed E-state index contributed by atoms with van der Waals surface area (Å²) >= 11 is 3.41. The second-order valence-corrected chi connectivity index (χ2v) is 3.87. The Bertz CT molecular complexity index is 456. The van der Waals surface area contributed by atoms with Crippen LogP contribution in [0.3, 0.4) is 0 Å². The van der Waals surface area contributed by atoms with Gasteiger partial charge in [-0.05, 0) is 25.1 Å². The molecule has 0 saturated heterocycles. The standard InChI is InChI=1S/C10H10BrN3/c1-2-12-10-6-13-14-9-5-7(11)3-4-8(9)10/h3-6H,2H2,1H3,(H,12,14). The van der Waals surface area contributed by atoms with E-state index in [0.29, 0.717) is 0 Å². The van der Waals surface area contributed by atoms with Gasteiger partial charge in [0.05, 0.1) is 17.4 Å². The summed E-state index contributed by atoms with van der Waals surface area (Å²) in [7, 11) is 0. The zero-order valence-electron chi connectivity index (χ0n) is 7.79. The van der Waals surface area contributed by atoms with E-state index in [2.05, 4.69) is 38.4 Å². The first-order chi connectivity index (χ1) is 6.81. The number of nitrogens with zero attached hydrogens (tertiary/aromatic N) is 2. The lowest BCUT2D eigenvalue weighted by Crippen LogP contribution is -1.98. The molecule has 1 N–H and O–H groups in total. The molecule has 0 spiro atoms. The van der Waals surface area contributed by atoms with Crippen molar-refractivity contribution in [3.05, 3.63) is 28.9 Å². The number of aromatic nitrogens is 2. The summed E-state index contributed by atoms with van der Waals surface area (Å²) in [5.41, 5.74) is 1.93. The van der Waals surface area contributed by atoms with E-state index in [1.807, 2.05) is 18.2 Å². The summed E-state index contributed by atoms with van der Waals surface area (Å²) in [6, 6.07) is 6.00. The van der Waals surface area contributed by atoms with Gasteiger partial charge in [-0.2, -0.15) is 10.2 Å². The van der Waals surface area contributed by atoms with E-state index < -0.39 is 0 Å². The van der Waals surface area contributed by atoms with Crippen LogP contribution in [0.2, 0.25) is 0 Å². The lowest BCUT2D eigenvalue weighted by molar-refractivity contribution is 1.07. The quantitative estimate of drug-likeness (QED) is 0.892. The number of hydrogen-bond donors (Lipinski definition) is 1. The minimum atomic E-state index is 0.886. The van der Waals surface area contributed by atoms with E-state index in [9.17, 15) is 0 Å². The van der Waals surface area contributed by atoms with Crippen LogP contribution in [0.5, 0.6) is 0 Å². The topological polar surface area (TPSA) is 37.8 Å². The lowest BCUT2D eigenvalue weighted by Gasteiger charge is -2.05. The minimum Gasteiger partial charge on any atom is -0.383 e. The summed E-state index contributed by atoms with van der Waals surface area (Å²) in [5.74, 6) is 0. The molecule has 0 unspecified atom stereocenters. The average Bonchev–Trinajstić information content (AvgIpc) is 2.18. The molecule has 0 aliphatic heterocycles. The highest BCUT2D eigenvalue weighted by molar-refractivity contribution is 9.10. The summed E-state index contributed by atoms with van der Waals surface area (Å²) < 4.78 is 1.02. The van der Waals surface area contributed by atoms with Crippen LogP contribution in [0.15, 0.2) is 28.9 Å². The van der Waals surface area contributed by atoms with Crippen molar-refractivity contribution in [1.29, 1.82) is 0 Å². The Morgan fingerprint density at radius 3 is 3.07 bits per heavy atom. The molecule has 0 fully saturated rings. The van der Waals surface area contributed by atoms with Crippen molar-refractivity contribution in [3.8, 4) is 0 Å². The van der Waals surface area contributed by atoms with Crippen LogP contribution >= 0.6 is 15.9 Å². The normalized spacial score (nSPS) is 10.4. The van der Waals surface area contributed by atoms with E-state index in [1.165, 1.54) is 0 Å². The predicted molar refractivity (Wildman–Crippen MR) is 61.4 cm³/mol. The Kier molecular flexibility index (Phi) is 2.63. The van der Waals surface area contributed by atoms with Crippen molar-refractivity contribution in [3.63, 3.8) is 0 Å². The van der Waals surface area contributed by atoms with Gasteiger partial charge < -0.3 is 5.32 Å². The van der Waals surface area contributed by atoms with Crippen molar-refractivity contribution >= 4 is 32.5 Å². The fourth-order valence-electron chi connectivity index (χ4n) is 1.36. The van der Waals surface area contributed by atoms with Gasteiger partial charge in [-0.1, -0.05) is 15.9 Å². The Balaban J connectivity index is 2.62. The van der Waals surface area contributed by atoms with Gasteiger partial charge in [0.15, 0.2) is 0 Å². The van der Waals surface area contributed by atoms with Gasteiger partial charge in [-0.15, -0.1) is 0 Å². The van der Waals surface area contributed by atoms with Crippen LogP contribution in [0.1, 0.15) is 6.92 Å². The van der Waals surface area contributed by atoms with Gasteiger partial charge >= 0.3 is 0 Å². The Hall–Kier alpha value is -1.16. The smallest absolute Gasteiger partial charge is 0.0961 e. The first-order valence-electron chi connectivity index (χ1n) is 4.46. The predicted octanol–water partition coefficient (Wildman–Crippen LogP) is 2.82. The van der Waals surface area contributed by atoms with Crippen LogP contribution < -0.4 is 5.32 Å². The molecule has 0 atom stereocenters. The van der Waals surface area contributed by atoms with E-state index in [0.717, 1.165) is 27.6 Å².